The van der Waals surface area contributed by atoms with Crippen molar-refractivity contribution < 1.29 is 29.6 Å². The third-order valence-electron chi connectivity index (χ3n) is 2.02. The Bertz CT molecular complexity index is 425. The van der Waals surface area contributed by atoms with E-state index < -0.39 is 18.0 Å². The number of aliphatic hydroxyl groups is 1. The number of carboxylic acid groups (broad SMARTS) is 2. The number of hydrogen-bond acceptors (Lipinski definition) is 4. The Kier molecular flexibility index (Phi) is 3.47. The molecule has 0 spiro atoms. The van der Waals surface area contributed by atoms with Crippen molar-refractivity contribution in [2.24, 2.45) is 0 Å². The second-order valence-electron chi connectivity index (χ2n) is 3.00. The standard InChI is InChI=1S/C10H10O6/c1-16-5-2-3-6(9(12)13)7(4-5)8(11)10(14)15/h2-4,8,11H,1H3,(H,12,13)(H,14,15). The summed E-state index contributed by atoms with van der Waals surface area (Å²) in [5, 5.41) is 26.8. The van der Waals surface area contributed by atoms with Crippen molar-refractivity contribution in [3.05, 3.63) is 29.3 Å². The molecule has 0 saturated carbocycles. The van der Waals surface area contributed by atoms with Crippen LogP contribution in [0.1, 0.15) is 22.0 Å². The highest BCUT2D eigenvalue weighted by molar-refractivity contribution is 5.91. The average Bonchev–Trinajstić information content (AvgIpc) is 2.26. The first-order valence-electron chi connectivity index (χ1n) is 4.29. The van der Waals surface area contributed by atoms with Gasteiger partial charge in [-0.1, -0.05) is 0 Å². The van der Waals surface area contributed by atoms with Crippen molar-refractivity contribution in [2.45, 2.75) is 6.10 Å². The van der Waals surface area contributed by atoms with Gasteiger partial charge >= 0.3 is 11.9 Å². The van der Waals surface area contributed by atoms with Crippen LogP contribution >= 0.6 is 0 Å². The number of hydrogen-bond donors (Lipinski definition) is 3. The predicted octanol–water partition coefficient (Wildman–Crippen LogP) is 0.511. The van der Waals surface area contributed by atoms with Gasteiger partial charge in [0.15, 0.2) is 6.10 Å². The van der Waals surface area contributed by atoms with Gasteiger partial charge in [-0.05, 0) is 18.2 Å². The van der Waals surface area contributed by atoms with E-state index in [-0.39, 0.29) is 16.9 Å². The van der Waals surface area contributed by atoms with Crippen LogP contribution in [0.15, 0.2) is 18.2 Å². The molecule has 0 fully saturated rings. The summed E-state index contributed by atoms with van der Waals surface area (Å²) in [7, 11) is 1.35. The number of aromatic carboxylic acids is 1. The van der Waals surface area contributed by atoms with Gasteiger partial charge in [0.25, 0.3) is 0 Å². The summed E-state index contributed by atoms with van der Waals surface area (Å²) in [6, 6.07) is 3.74. The van der Waals surface area contributed by atoms with E-state index in [1.165, 1.54) is 25.3 Å². The van der Waals surface area contributed by atoms with Gasteiger partial charge in [0.1, 0.15) is 5.75 Å². The van der Waals surface area contributed by atoms with Crippen molar-refractivity contribution in [2.75, 3.05) is 7.11 Å². The number of aliphatic carboxylic acids is 1. The van der Waals surface area contributed by atoms with Crippen LogP contribution in [-0.4, -0.2) is 34.4 Å². The first kappa shape index (κ1) is 12.0. The fourth-order valence-corrected chi connectivity index (χ4v) is 1.22. The zero-order valence-corrected chi connectivity index (χ0v) is 8.38. The monoisotopic (exact) mass is 226 g/mol. The van der Waals surface area contributed by atoms with E-state index in [0.717, 1.165) is 0 Å². The van der Waals surface area contributed by atoms with Gasteiger partial charge in [0.05, 0.1) is 12.7 Å². The molecular weight excluding hydrogens is 216 g/mol. The summed E-state index contributed by atoms with van der Waals surface area (Å²) in [6.45, 7) is 0. The molecule has 6 nitrogen and oxygen atoms in total. The van der Waals surface area contributed by atoms with E-state index in [4.69, 9.17) is 14.9 Å². The molecule has 0 bridgehead atoms. The first-order valence-corrected chi connectivity index (χ1v) is 4.29. The lowest BCUT2D eigenvalue weighted by molar-refractivity contribution is -0.146. The molecule has 0 amide bonds. The molecule has 1 aromatic carbocycles. The van der Waals surface area contributed by atoms with Crippen molar-refractivity contribution in [1.82, 2.24) is 0 Å². The maximum atomic E-state index is 10.8. The minimum Gasteiger partial charge on any atom is -0.497 e. The molecule has 0 aromatic heterocycles. The van der Waals surface area contributed by atoms with Gasteiger partial charge in [-0.15, -0.1) is 0 Å². The maximum absolute atomic E-state index is 10.8. The van der Waals surface area contributed by atoms with Crippen LogP contribution in [0, 0.1) is 0 Å². The third kappa shape index (κ3) is 2.29. The highest BCUT2D eigenvalue weighted by atomic mass is 16.5. The van der Waals surface area contributed by atoms with Crippen LogP contribution in [-0.2, 0) is 4.79 Å². The molecule has 0 aliphatic rings. The van der Waals surface area contributed by atoms with Gasteiger partial charge < -0.3 is 20.1 Å². The van der Waals surface area contributed by atoms with E-state index in [0.29, 0.717) is 0 Å². The van der Waals surface area contributed by atoms with E-state index in [9.17, 15) is 14.7 Å². The number of methoxy groups -OCH3 is 1. The molecule has 1 atom stereocenters. The van der Waals surface area contributed by atoms with Gasteiger partial charge in [-0.25, -0.2) is 9.59 Å². The predicted molar refractivity (Wildman–Crippen MR) is 52.5 cm³/mol. The van der Waals surface area contributed by atoms with Gasteiger partial charge in [-0.2, -0.15) is 0 Å². The fourth-order valence-electron chi connectivity index (χ4n) is 1.22. The number of carbonyl (C=O) groups is 2. The Labute approximate surface area is 90.7 Å². The van der Waals surface area contributed by atoms with Crippen LogP contribution in [0.25, 0.3) is 0 Å². The normalized spacial score (nSPS) is 11.9. The first-order chi connectivity index (χ1) is 7.47. The summed E-state index contributed by atoms with van der Waals surface area (Å²) < 4.78 is 4.82. The van der Waals surface area contributed by atoms with Gasteiger partial charge in [0, 0.05) is 5.56 Å². The molecule has 3 N–H and O–H groups in total. The second kappa shape index (κ2) is 4.63. The zero-order chi connectivity index (χ0) is 12.3. The lowest BCUT2D eigenvalue weighted by Crippen LogP contribution is -2.15. The van der Waals surface area contributed by atoms with Crippen LogP contribution in [0.4, 0.5) is 0 Å². The number of carboxylic acids is 2. The lowest BCUT2D eigenvalue weighted by Gasteiger charge is -2.11. The van der Waals surface area contributed by atoms with E-state index in [1.807, 2.05) is 0 Å². The second-order valence-corrected chi connectivity index (χ2v) is 3.00. The molecule has 1 rings (SSSR count). The largest absolute Gasteiger partial charge is 0.497 e. The summed E-state index contributed by atoms with van der Waals surface area (Å²) in [5.74, 6) is -2.55. The third-order valence-corrected chi connectivity index (χ3v) is 2.02. The molecule has 0 radical (unpaired) electrons. The smallest absolute Gasteiger partial charge is 0.337 e. The molecule has 0 heterocycles. The number of benzene rings is 1. The van der Waals surface area contributed by atoms with Crippen LogP contribution in [0.5, 0.6) is 5.75 Å². The van der Waals surface area contributed by atoms with Crippen molar-refractivity contribution in [1.29, 1.82) is 0 Å². The highest BCUT2D eigenvalue weighted by Gasteiger charge is 2.23. The summed E-state index contributed by atoms with van der Waals surface area (Å²) in [5.41, 5.74) is -0.477. The van der Waals surface area contributed by atoms with Crippen LogP contribution in [0.3, 0.4) is 0 Å². The molecule has 1 aromatic rings. The van der Waals surface area contributed by atoms with E-state index in [1.54, 1.807) is 0 Å². The molecule has 0 aliphatic heterocycles. The summed E-state index contributed by atoms with van der Waals surface area (Å²) >= 11 is 0. The van der Waals surface area contributed by atoms with Gasteiger partial charge in [-0.3, -0.25) is 0 Å². The summed E-state index contributed by atoms with van der Waals surface area (Å²) in [4.78, 5) is 21.4. The Hall–Kier alpha value is -2.08. The number of rotatable bonds is 4. The minimum absolute atomic E-state index is 0.209. The SMILES string of the molecule is COc1ccc(C(=O)O)c(C(O)C(=O)O)c1. The molecule has 86 valence electrons. The fraction of sp³-hybridized carbons (Fsp3) is 0.200. The summed E-state index contributed by atoms with van der Waals surface area (Å²) in [6.07, 6.45) is -1.89. The molecule has 0 aliphatic carbocycles. The van der Waals surface area contributed by atoms with Crippen molar-refractivity contribution in [3.63, 3.8) is 0 Å². The topological polar surface area (TPSA) is 104 Å². The Balaban J connectivity index is 3.30. The van der Waals surface area contributed by atoms with Crippen LogP contribution in [0.2, 0.25) is 0 Å². The lowest BCUT2D eigenvalue weighted by atomic mass is 10.0. The molecule has 6 heteroatoms. The Morgan fingerprint density at radius 3 is 2.38 bits per heavy atom. The quantitative estimate of drug-likeness (QED) is 0.691. The molecular formula is C10H10O6. The molecule has 16 heavy (non-hydrogen) atoms. The van der Waals surface area contributed by atoms with Crippen molar-refractivity contribution >= 4 is 11.9 Å². The highest BCUT2D eigenvalue weighted by Crippen LogP contribution is 2.24. The van der Waals surface area contributed by atoms with E-state index in [2.05, 4.69) is 0 Å². The van der Waals surface area contributed by atoms with Crippen molar-refractivity contribution in [3.8, 4) is 5.75 Å². The van der Waals surface area contributed by atoms with Gasteiger partial charge in [0.2, 0.25) is 0 Å². The average molecular weight is 226 g/mol. The minimum atomic E-state index is -1.89. The molecule has 0 saturated heterocycles. The zero-order valence-electron chi connectivity index (χ0n) is 8.38. The maximum Gasteiger partial charge on any atom is 0.337 e. The Morgan fingerprint density at radius 2 is 1.94 bits per heavy atom. The number of ether oxygens (including phenoxy) is 1. The molecule has 1 unspecified atom stereocenters. The van der Waals surface area contributed by atoms with E-state index >= 15 is 0 Å². The van der Waals surface area contributed by atoms with Crippen LogP contribution < -0.4 is 4.74 Å². The number of aliphatic hydroxyl groups excluding tert-OH is 1. The Morgan fingerprint density at radius 1 is 1.31 bits per heavy atom.